The summed E-state index contributed by atoms with van der Waals surface area (Å²) < 4.78 is 0. The van der Waals surface area contributed by atoms with Gasteiger partial charge >= 0.3 is 41.7 Å². The zero-order chi connectivity index (χ0) is 5.86. The van der Waals surface area contributed by atoms with Crippen molar-refractivity contribution in [2.45, 2.75) is 20.3 Å². The van der Waals surface area contributed by atoms with E-state index in [0.717, 1.165) is 0 Å². The van der Waals surface area contributed by atoms with E-state index in [1.165, 1.54) is 13.8 Å². The van der Waals surface area contributed by atoms with E-state index in [4.69, 9.17) is 0 Å². The summed E-state index contributed by atoms with van der Waals surface area (Å²) in [5, 5.41) is 0. The number of hydrogen-bond donors (Lipinski definition) is 0. The number of carbonyl (C=O) groups excluding carboxylic acids is 2. The minimum absolute atomic E-state index is 0. The van der Waals surface area contributed by atoms with Gasteiger partial charge in [-0.3, -0.25) is 9.59 Å². The summed E-state index contributed by atoms with van der Waals surface area (Å²) in [4.78, 5) is 20.1. The van der Waals surface area contributed by atoms with Crippen LogP contribution in [0.2, 0.25) is 0 Å². The Morgan fingerprint density at radius 3 is 1.09 bits per heavy atom. The number of rotatable bonds is 2. The molecule has 0 atom stereocenters. The van der Waals surface area contributed by atoms with Gasteiger partial charge in [0, 0.05) is 0 Å². The van der Waals surface area contributed by atoms with Gasteiger partial charge in [-0.05, 0) is 13.8 Å². The first-order valence-electron chi connectivity index (χ1n) is 2.12. The van der Waals surface area contributed by atoms with Crippen molar-refractivity contribution in [2.24, 2.45) is 0 Å². The van der Waals surface area contributed by atoms with Crippen molar-refractivity contribution in [3.8, 4) is 0 Å². The molecule has 0 heterocycles. The molecule has 0 aromatic heterocycles. The summed E-state index contributed by atoms with van der Waals surface area (Å²) in [6, 6.07) is 0. The third-order valence-electron chi connectivity index (χ3n) is 0.498. The zero-order valence-corrected chi connectivity index (χ0v) is 9.66. The molecule has 0 aliphatic heterocycles. The molecule has 65 valence electrons. The molecule has 0 saturated heterocycles. The molecule has 0 aromatic rings. The molecule has 0 rings (SSSR count). The van der Waals surface area contributed by atoms with Crippen LogP contribution in [0.5, 0.6) is 0 Å². The molecule has 5 nitrogen and oxygen atoms in total. The molecule has 0 aliphatic rings. The standard InChI is InChI=1S/C5H8O2.Ce.3H2O/c1-4(6)3-5(2)7;;;;/h3H2,1-2H3;;3*1H2/q;+3;;;. The van der Waals surface area contributed by atoms with Gasteiger partial charge in [0.25, 0.3) is 0 Å². The SMILES string of the molecule is CC(=O)CC(C)=O.O.O.O.[Ce+3]. The second-order valence-corrected chi connectivity index (χ2v) is 1.58. The summed E-state index contributed by atoms with van der Waals surface area (Å²) >= 11 is 0. The maximum absolute atomic E-state index is 10.0. The summed E-state index contributed by atoms with van der Waals surface area (Å²) in [5.74, 6) is -0.125. The average molecular weight is 294 g/mol. The van der Waals surface area contributed by atoms with Crippen molar-refractivity contribution in [3.63, 3.8) is 0 Å². The Morgan fingerprint density at radius 1 is 0.909 bits per heavy atom. The van der Waals surface area contributed by atoms with Crippen molar-refractivity contribution in [1.82, 2.24) is 0 Å². The van der Waals surface area contributed by atoms with Gasteiger partial charge in [-0.2, -0.15) is 0 Å². The van der Waals surface area contributed by atoms with Gasteiger partial charge in [-0.15, -0.1) is 0 Å². The van der Waals surface area contributed by atoms with Gasteiger partial charge in [0.2, 0.25) is 0 Å². The van der Waals surface area contributed by atoms with Gasteiger partial charge in [-0.25, -0.2) is 0 Å². The number of hydrogen-bond acceptors (Lipinski definition) is 2. The predicted molar refractivity (Wildman–Crippen MR) is 36.8 cm³/mol. The molecule has 6 N–H and O–H groups in total. The Morgan fingerprint density at radius 2 is 1.09 bits per heavy atom. The zero-order valence-electron chi connectivity index (χ0n) is 6.52. The third-order valence-corrected chi connectivity index (χ3v) is 0.498. The molecule has 0 saturated carbocycles. The van der Waals surface area contributed by atoms with E-state index in [9.17, 15) is 9.59 Å². The fourth-order valence-electron chi connectivity index (χ4n) is 0.351. The quantitative estimate of drug-likeness (QED) is 0.550. The Balaban J connectivity index is -0.0000000300. The summed E-state index contributed by atoms with van der Waals surface area (Å²) in [6.45, 7) is 2.81. The van der Waals surface area contributed by atoms with E-state index in [1.807, 2.05) is 0 Å². The topological polar surface area (TPSA) is 129 Å². The van der Waals surface area contributed by atoms with Crippen molar-refractivity contribution in [2.75, 3.05) is 0 Å². The van der Waals surface area contributed by atoms with Crippen LogP contribution in [0.3, 0.4) is 0 Å². The number of Topliss-reactive ketones (excluding diaryl/α,β-unsaturated/α-hetero) is 2. The Hall–Kier alpha value is 0.597. The van der Waals surface area contributed by atoms with Gasteiger partial charge in [0.15, 0.2) is 0 Å². The fraction of sp³-hybridized carbons (Fsp3) is 0.600. The van der Waals surface area contributed by atoms with Crippen molar-refractivity contribution in [1.29, 1.82) is 0 Å². The minimum atomic E-state index is -0.0625. The monoisotopic (exact) mass is 294 g/mol. The molecule has 0 amide bonds. The van der Waals surface area contributed by atoms with Crippen LogP contribution in [0.4, 0.5) is 0 Å². The molecule has 11 heavy (non-hydrogen) atoms. The van der Waals surface area contributed by atoms with Crippen LogP contribution >= 0.6 is 0 Å². The second kappa shape index (κ2) is 16.9. The fourth-order valence-corrected chi connectivity index (χ4v) is 0.351. The summed E-state index contributed by atoms with van der Waals surface area (Å²) in [5.41, 5.74) is 0. The molecule has 0 aliphatic carbocycles. The molecule has 6 heteroatoms. The second-order valence-electron chi connectivity index (χ2n) is 1.58. The smallest absolute Gasteiger partial charge is 0.412 e. The Labute approximate surface area is 98.8 Å². The first-order chi connectivity index (χ1) is 3.13. The van der Waals surface area contributed by atoms with E-state index in [1.54, 1.807) is 0 Å². The molecule has 0 fully saturated rings. The average Bonchev–Trinajstić information content (AvgIpc) is 1.27. The third kappa shape index (κ3) is 37.1. The van der Waals surface area contributed by atoms with E-state index >= 15 is 0 Å². The Kier molecular flexibility index (Phi) is 46.0. The normalized spacial score (nSPS) is 5.27. The van der Waals surface area contributed by atoms with Crippen LogP contribution in [0, 0.1) is 41.7 Å². The van der Waals surface area contributed by atoms with E-state index in [2.05, 4.69) is 0 Å². The maximum atomic E-state index is 10.0. The van der Waals surface area contributed by atoms with E-state index < -0.39 is 0 Å². The van der Waals surface area contributed by atoms with Crippen LogP contribution in [0.25, 0.3) is 0 Å². The summed E-state index contributed by atoms with van der Waals surface area (Å²) in [7, 11) is 0. The number of carbonyl (C=O) groups is 2. The molecular weight excluding hydrogens is 280 g/mol. The van der Waals surface area contributed by atoms with E-state index in [0.29, 0.717) is 0 Å². The van der Waals surface area contributed by atoms with Crippen molar-refractivity contribution in [3.05, 3.63) is 0 Å². The van der Waals surface area contributed by atoms with Crippen molar-refractivity contribution >= 4 is 11.6 Å². The van der Waals surface area contributed by atoms with Gasteiger partial charge < -0.3 is 16.4 Å². The van der Waals surface area contributed by atoms with Crippen LogP contribution in [0.1, 0.15) is 20.3 Å². The molecule has 0 spiro atoms. The molecule has 0 unspecified atom stereocenters. The van der Waals surface area contributed by atoms with Gasteiger partial charge in [-0.1, -0.05) is 0 Å². The number of ketones is 2. The van der Waals surface area contributed by atoms with E-state index in [-0.39, 0.29) is 76.2 Å². The largest absolute Gasteiger partial charge is 3.00 e. The predicted octanol–water partition coefficient (Wildman–Crippen LogP) is -1.92. The van der Waals surface area contributed by atoms with Gasteiger partial charge in [0.05, 0.1) is 6.42 Å². The van der Waals surface area contributed by atoms with Crippen LogP contribution < -0.4 is 0 Å². The molecule has 1 radical (unpaired) electrons. The molecular formula is C5H14CeO5+3. The minimum Gasteiger partial charge on any atom is -0.412 e. The van der Waals surface area contributed by atoms with Crippen LogP contribution in [0.15, 0.2) is 0 Å². The molecule has 0 aromatic carbocycles. The summed E-state index contributed by atoms with van der Waals surface area (Å²) in [6.07, 6.45) is 0.0833. The van der Waals surface area contributed by atoms with Gasteiger partial charge in [0.1, 0.15) is 11.6 Å². The Bertz CT molecular complexity index is 91.0. The van der Waals surface area contributed by atoms with Crippen molar-refractivity contribution < 1.29 is 67.8 Å². The van der Waals surface area contributed by atoms with Crippen LogP contribution in [-0.2, 0) is 9.59 Å². The first-order valence-corrected chi connectivity index (χ1v) is 2.12. The molecule has 0 bridgehead atoms. The maximum Gasteiger partial charge on any atom is 3.00 e. The van der Waals surface area contributed by atoms with Crippen LogP contribution in [-0.4, -0.2) is 28.0 Å². The first kappa shape index (κ1) is 29.9.